The van der Waals surface area contributed by atoms with Crippen molar-refractivity contribution < 1.29 is 14.6 Å². The van der Waals surface area contributed by atoms with Crippen LogP contribution in [0, 0.1) is 6.92 Å². The van der Waals surface area contributed by atoms with Crippen molar-refractivity contribution in [1.82, 2.24) is 0 Å². The molecule has 0 bridgehead atoms. The summed E-state index contributed by atoms with van der Waals surface area (Å²) in [6, 6.07) is 7.29. The van der Waals surface area contributed by atoms with Crippen LogP contribution < -0.4 is 0 Å². The summed E-state index contributed by atoms with van der Waals surface area (Å²) in [7, 11) is 1.39. The van der Waals surface area contributed by atoms with Crippen LogP contribution in [0.2, 0.25) is 0 Å². The fraction of sp³-hybridized carbons (Fsp3) is 0.300. The van der Waals surface area contributed by atoms with Gasteiger partial charge in [-0.2, -0.15) is 0 Å². The van der Waals surface area contributed by atoms with Crippen molar-refractivity contribution in [3.05, 3.63) is 35.4 Å². The zero-order chi connectivity index (χ0) is 9.84. The van der Waals surface area contributed by atoms with Gasteiger partial charge in [-0.1, -0.05) is 29.8 Å². The Balaban J connectivity index is 2.98. The van der Waals surface area contributed by atoms with Gasteiger partial charge in [-0.25, -0.2) is 4.79 Å². The van der Waals surface area contributed by atoms with Crippen molar-refractivity contribution in [3.8, 4) is 0 Å². The van der Waals surface area contributed by atoms with Crippen molar-refractivity contribution in [2.45, 2.75) is 13.0 Å². The zero-order valence-corrected chi connectivity index (χ0v) is 7.65. The van der Waals surface area contributed by atoms with Gasteiger partial charge in [-0.05, 0) is 12.5 Å². The normalized spacial score (nSPS) is 12.5. The van der Waals surface area contributed by atoms with E-state index in [1.807, 2.05) is 25.1 Å². The van der Waals surface area contributed by atoms with Crippen LogP contribution in [0.1, 0.15) is 17.2 Å². The molecule has 0 amide bonds. The molecule has 3 nitrogen and oxygen atoms in total. The van der Waals surface area contributed by atoms with Crippen LogP contribution in [0.25, 0.3) is 0 Å². The Morgan fingerprint density at radius 2 is 2.23 bits per heavy atom. The SMILES string of the molecule is COC(C(=O)O)c1cccc(C)c1. The molecular weight excluding hydrogens is 168 g/mol. The fourth-order valence-corrected chi connectivity index (χ4v) is 1.21. The number of ether oxygens (including phenoxy) is 1. The lowest BCUT2D eigenvalue weighted by atomic mass is 10.1. The van der Waals surface area contributed by atoms with Crippen LogP contribution in [0.15, 0.2) is 24.3 Å². The number of carbonyl (C=O) groups is 1. The molecule has 3 heteroatoms. The van der Waals surface area contributed by atoms with E-state index in [0.717, 1.165) is 5.56 Å². The highest BCUT2D eigenvalue weighted by Gasteiger charge is 2.18. The molecule has 1 unspecified atom stereocenters. The van der Waals surface area contributed by atoms with Crippen LogP contribution in [-0.4, -0.2) is 18.2 Å². The number of hydrogen-bond acceptors (Lipinski definition) is 2. The summed E-state index contributed by atoms with van der Waals surface area (Å²) < 4.78 is 4.85. The summed E-state index contributed by atoms with van der Waals surface area (Å²) in [6.45, 7) is 1.91. The predicted octanol–water partition coefficient (Wildman–Crippen LogP) is 1.77. The van der Waals surface area contributed by atoms with Gasteiger partial charge in [-0.15, -0.1) is 0 Å². The number of aliphatic carboxylic acids is 1. The molecule has 1 aromatic carbocycles. The van der Waals surface area contributed by atoms with Gasteiger partial charge in [0, 0.05) is 7.11 Å². The molecule has 0 saturated heterocycles. The average Bonchev–Trinajstić information content (AvgIpc) is 2.04. The summed E-state index contributed by atoms with van der Waals surface area (Å²) in [5.74, 6) is -0.965. The van der Waals surface area contributed by atoms with E-state index < -0.39 is 12.1 Å². The van der Waals surface area contributed by atoms with E-state index in [2.05, 4.69) is 0 Å². The minimum atomic E-state index is -0.965. The molecule has 13 heavy (non-hydrogen) atoms. The molecule has 1 rings (SSSR count). The maximum Gasteiger partial charge on any atom is 0.337 e. The first-order valence-corrected chi connectivity index (χ1v) is 3.97. The van der Waals surface area contributed by atoms with E-state index in [1.165, 1.54) is 7.11 Å². The van der Waals surface area contributed by atoms with Crippen molar-refractivity contribution in [3.63, 3.8) is 0 Å². The number of methoxy groups -OCH3 is 1. The Morgan fingerprint density at radius 1 is 1.54 bits per heavy atom. The minimum Gasteiger partial charge on any atom is -0.479 e. The summed E-state index contributed by atoms with van der Waals surface area (Å²) in [6.07, 6.45) is -0.861. The van der Waals surface area contributed by atoms with Crippen molar-refractivity contribution in [1.29, 1.82) is 0 Å². The van der Waals surface area contributed by atoms with Crippen molar-refractivity contribution in [2.24, 2.45) is 0 Å². The second-order valence-electron chi connectivity index (χ2n) is 2.87. The lowest BCUT2D eigenvalue weighted by Gasteiger charge is -2.10. The summed E-state index contributed by atoms with van der Waals surface area (Å²) in [5, 5.41) is 8.79. The molecule has 1 aromatic rings. The Kier molecular flexibility index (Phi) is 3.03. The number of carboxylic acid groups (broad SMARTS) is 1. The Hall–Kier alpha value is -1.35. The van der Waals surface area contributed by atoms with Crippen LogP contribution in [-0.2, 0) is 9.53 Å². The minimum absolute atomic E-state index is 0.676. The average molecular weight is 180 g/mol. The number of carboxylic acids is 1. The highest BCUT2D eigenvalue weighted by Crippen LogP contribution is 2.17. The largest absolute Gasteiger partial charge is 0.479 e. The number of rotatable bonds is 3. The van der Waals surface area contributed by atoms with Crippen LogP contribution in [0.4, 0.5) is 0 Å². The highest BCUT2D eigenvalue weighted by atomic mass is 16.5. The van der Waals surface area contributed by atoms with Gasteiger partial charge >= 0.3 is 5.97 Å². The first kappa shape index (κ1) is 9.74. The summed E-state index contributed by atoms with van der Waals surface area (Å²) in [5.41, 5.74) is 1.70. The highest BCUT2D eigenvalue weighted by molar-refractivity contribution is 5.74. The van der Waals surface area contributed by atoms with Gasteiger partial charge in [-0.3, -0.25) is 0 Å². The molecule has 0 aliphatic carbocycles. The third kappa shape index (κ3) is 2.29. The number of hydrogen-bond donors (Lipinski definition) is 1. The van der Waals surface area contributed by atoms with E-state index in [1.54, 1.807) is 6.07 Å². The second kappa shape index (κ2) is 4.05. The standard InChI is InChI=1S/C10H12O3/c1-7-4-3-5-8(6-7)9(13-2)10(11)12/h3-6,9H,1-2H3,(H,11,12). The van der Waals surface area contributed by atoms with Gasteiger partial charge < -0.3 is 9.84 Å². The molecule has 0 radical (unpaired) electrons. The smallest absolute Gasteiger partial charge is 0.337 e. The monoisotopic (exact) mass is 180 g/mol. The molecule has 1 atom stereocenters. The molecule has 1 N–H and O–H groups in total. The van der Waals surface area contributed by atoms with E-state index in [9.17, 15) is 4.79 Å². The van der Waals surface area contributed by atoms with Gasteiger partial charge in [0.25, 0.3) is 0 Å². The fourth-order valence-electron chi connectivity index (χ4n) is 1.21. The molecule has 0 heterocycles. The van der Waals surface area contributed by atoms with Gasteiger partial charge in [0.1, 0.15) is 0 Å². The third-order valence-electron chi connectivity index (χ3n) is 1.80. The summed E-state index contributed by atoms with van der Waals surface area (Å²) >= 11 is 0. The van der Waals surface area contributed by atoms with Gasteiger partial charge in [0.2, 0.25) is 0 Å². The molecule has 0 fully saturated rings. The zero-order valence-electron chi connectivity index (χ0n) is 7.65. The molecule has 0 aliphatic heterocycles. The lowest BCUT2D eigenvalue weighted by Crippen LogP contribution is -2.13. The van der Waals surface area contributed by atoms with E-state index in [4.69, 9.17) is 9.84 Å². The maximum absolute atomic E-state index is 10.7. The topological polar surface area (TPSA) is 46.5 Å². The first-order valence-electron chi connectivity index (χ1n) is 3.97. The maximum atomic E-state index is 10.7. The third-order valence-corrected chi connectivity index (χ3v) is 1.80. The quantitative estimate of drug-likeness (QED) is 0.771. The lowest BCUT2D eigenvalue weighted by molar-refractivity contribution is -0.148. The van der Waals surface area contributed by atoms with Crippen molar-refractivity contribution in [2.75, 3.05) is 7.11 Å². The molecule has 0 aromatic heterocycles. The summed E-state index contributed by atoms with van der Waals surface area (Å²) in [4.78, 5) is 10.7. The second-order valence-corrected chi connectivity index (χ2v) is 2.87. The van der Waals surface area contributed by atoms with Gasteiger partial charge in [0.05, 0.1) is 0 Å². The predicted molar refractivity (Wildman–Crippen MR) is 48.6 cm³/mol. The Morgan fingerprint density at radius 3 is 2.69 bits per heavy atom. The Labute approximate surface area is 77.0 Å². The first-order chi connectivity index (χ1) is 6.15. The van der Waals surface area contributed by atoms with Crippen LogP contribution in [0.3, 0.4) is 0 Å². The Bertz CT molecular complexity index is 307. The van der Waals surface area contributed by atoms with Gasteiger partial charge in [0.15, 0.2) is 6.10 Å². The van der Waals surface area contributed by atoms with Crippen LogP contribution >= 0.6 is 0 Å². The molecular formula is C10H12O3. The van der Waals surface area contributed by atoms with E-state index in [0.29, 0.717) is 5.56 Å². The molecule has 70 valence electrons. The van der Waals surface area contributed by atoms with E-state index >= 15 is 0 Å². The molecule has 0 saturated carbocycles. The molecule has 0 aliphatic rings. The van der Waals surface area contributed by atoms with Crippen molar-refractivity contribution >= 4 is 5.97 Å². The molecule has 0 spiro atoms. The number of benzene rings is 1. The van der Waals surface area contributed by atoms with E-state index in [-0.39, 0.29) is 0 Å². The number of aryl methyl sites for hydroxylation is 1. The van der Waals surface area contributed by atoms with Crippen LogP contribution in [0.5, 0.6) is 0 Å².